The molecule has 0 saturated heterocycles. The molecule has 0 unspecified atom stereocenters. The molecule has 1 aromatic heterocycles. The number of aromatic nitrogens is 1. The van der Waals surface area contributed by atoms with Crippen molar-refractivity contribution in [3.05, 3.63) is 83.0 Å². The van der Waals surface area contributed by atoms with Crippen LogP contribution in [-0.4, -0.2) is 27.6 Å². The molecule has 0 fully saturated rings. The largest absolute Gasteiger partial charge is 0.478 e. The van der Waals surface area contributed by atoms with Crippen molar-refractivity contribution in [3.8, 4) is 17.0 Å². The van der Waals surface area contributed by atoms with Crippen molar-refractivity contribution in [2.45, 2.75) is 45.5 Å². The number of aliphatic carboxylic acids is 1. The van der Waals surface area contributed by atoms with Gasteiger partial charge < -0.3 is 15.2 Å². The Balaban J connectivity index is 1.61. The molecule has 0 aliphatic heterocycles. The van der Waals surface area contributed by atoms with Crippen molar-refractivity contribution in [1.82, 2.24) is 10.3 Å². The van der Waals surface area contributed by atoms with Gasteiger partial charge in [0.2, 0.25) is 5.91 Å². The number of pyridine rings is 1. The number of halogens is 3. The van der Waals surface area contributed by atoms with Crippen LogP contribution in [0.25, 0.3) is 11.3 Å². The zero-order valence-electron chi connectivity index (χ0n) is 19.4. The summed E-state index contributed by atoms with van der Waals surface area (Å²) in [6.45, 7) is 4.85. The number of amides is 1. The third-order valence-electron chi connectivity index (χ3n) is 5.33. The Morgan fingerprint density at radius 3 is 2.31 bits per heavy atom. The average molecular weight is 486 g/mol. The molecule has 2 N–H and O–H groups in total. The second-order valence-electron chi connectivity index (χ2n) is 8.53. The first-order valence-corrected chi connectivity index (χ1v) is 10.8. The number of carbonyl (C=O) groups is 2. The monoisotopic (exact) mass is 486 g/mol. The van der Waals surface area contributed by atoms with E-state index >= 15 is 0 Å². The second-order valence-corrected chi connectivity index (χ2v) is 8.53. The van der Waals surface area contributed by atoms with Gasteiger partial charge in [0, 0.05) is 17.8 Å². The summed E-state index contributed by atoms with van der Waals surface area (Å²) in [4.78, 5) is 28.2. The van der Waals surface area contributed by atoms with Gasteiger partial charge in [-0.1, -0.05) is 30.3 Å². The maximum atomic E-state index is 12.8. The van der Waals surface area contributed by atoms with Crippen LogP contribution in [0.3, 0.4) is 0 Å². The Morgan fingerprint density at radius 2 is 1.71 bits per heavy atom. The maximum Gasteiger partial charge on any atom is 0.416 e. The number of nitrogens with one attached hydrogen (secondary N) is 1. The lowest BCUT2D eigenvalue weighted by atomic mass is 10.0. The van der Waals surface area contributed by atoms with Crippen molar-refractivity contribution in [3.63, 3.8) is 0 Å². The van der Waals surface area contributed by atoms with Gasteiger partial charge in [0.15, 0.2) is 5.60 Å². The summed E-state index contributed by atoms with van der Waals surface area (Å²) in [6.07, 6.45) is -4.32. The number of rotatable bonds is 8. The Bertz CT molecular complexity index is 1220. The molecule has 0 radical (unpaired) electrons. The minimum atomic E-state index is -4.40. The number of alkyl halides is 3. The summed E-state index contributed by atoms with van der Waals surface area (Å²) in [6, 6.07) is 15.0. The van der Waals surface area contributed by atoms with Crippen LogP contribution in [0.2, 0.25) is 0 Å². The molecule has 1 amide bonds. The van der Waals surface area contributed by atoms with Crippen LogP contribution in [0.4, 0.5) is 13.2 Å². The van der Waals surface area contributed by atoms with E-state index in [1.165, 1.54) is 26.0 Å². The Morgan fingerprint density at radius 1 is 1.03 bits per heavy atom. The van der Waals surface area contributed by atoms with E-state index in [1.54, 1.807) is 43.3 Å². The molecule has 2 aromatic carbocycles. The lowest BCUT2D eigenvalue weighted by molar-refractivity contribution is -0.152. The predicted octanol–water partition coefficient (Wildman–Crippen LogP) is 5.18. The lowest BCUT2D eigenvalue weighted by Gasteiger charge is -2.21. The molecule has 0 saturated carbocycles. The third kappa shape index (κ3) is 6.81. The number of ether oxygens (including phenoxy) is 1. The number of benzene rings is 2. The fraction of sp³-hybridized carbons (Fsp3) is 0.269. The fourth-order valence-electron chi connectivity index (χ4n) is 3.26. The molecule has 0 bridgehead atoms. The van der Waals surface area contributed by atoms with Crippen molar-refractivity contribution in [2.24, 2.45) is 0 Å². The molecule has 0 spiro atoms. The summed E-state index contributed by atoms with van der Waals surface area (Å²) in [5, 5.41) is 12.0. The SMILES string of the molecule is Cc1nc(-c2ccc(C(F)(F)F)cc2)ccc1CC(=O)NCc1cccc(OC(C)(C)C(=O)O)c1. The van der Waals surface area contributed by atoms with E-state index in [0.29, 0.717) is 28.3 Å². The summed E-state index contributed by atoms with van der Waals surface area (Å²) in [5.41, 5.74) is 0.978. The molecular formula is C26H25F3N2O4. The van der Waals surface area contributed by atoms with Crippen LogP contribution >= 0.6 is 0 Å². The number of aryl methyl sites for hydroxylation is 1. The molecular weight excluding hydrogens is 461 g/mol. The molecule has 35 heavy (non-hydrogen) atoms. The molecule has 0 aliphatic rings. The summed E-state index contributed by atoms with van der Waals surface area (Å²) in [7, 11) is 0. The number of hydrogen-bond donors (Lipinski definition) is 2. The molecule has 0 aliphatic carbocycles. The lowest BCUT2D eigenvalue weighted by Crippen LogP contribution is -2.37. The summed E-state index contributed by atoms with van der Waals surface area (Å²) >= 11 is 0. The van der Waals surface area contributed by atoms with Crippen LogP contribution in [0.5, 0.6) is 5.75 Å². The highest BCUT2D eigenvalue weighted by molar-refractivity contribution is 5.79. The average Bonchev–Trinajstić information content (AvgIpc) is 2.78. The highest BCUT2D eigenvalue weighted by Gasteiger charge is 2.30. The van der Waals surface area contributed by atoms with Gasteiger partial charge in [-0.25, -0.2) is 4.79 Å². The number of carboxylic acid groups (broad SMARTS) is 1. The molecule has 6 nitrogen and oxygen atoms in total. The smallest absolute Gasteiger partial charge is 0.416 e. The first-order chi connectivity index (χ1) is 16.3. The summed E-state index contributed by atoms with van der Waals surface area (Å²) in [5.74, 6) is -0.957. The number of hydrogen-bond acceptors (Lipinski definition) is 4. The minimum absolute atomic E-state index is 0.0777. The van der Waals surface area contributed by atoms with Crippen molar-refractivity contribution in [2.75, 3.05) is 0 Å². The van der Waals surface area contributed by atoms with Crippen LogP contribution in [0.1, 0.15) is 36.2 Å². The number of carbonyl (C=O) groups excluding carboxylic acids is 1. The zero-order chi connectivity index (χ0) is 25.8. The van der Waals surface area contributed by atoms with Gasteiger partial charge in [0.1, 0.15) is 5.75 Å². The highest BCUT2D eigenvalue weighted by Crippen LogP contribution is 2.30. The predicted molar refractivity (Wildman–Crippen MR) is 124 cm³/mol. The van der Waals surface area contributed by atoms with Crippen LogP contribution in [-0.2, 0) is 28.7 Å². The molecule has 0 atom stereocenters. The van der Waals surface area contributed by atoms with Crippen molar-refractivity contribution >= 4 is 11.9 Å². The molecule has 3 aromatic rings. The Labute approximate surface area is 200 Å². The molecule has 1 heterocycles. The van der Waals surface area contributed by atoms with Gasteiger partial charge >= 0.3 is 12.1 Å². The standard InChI is InChI=1S/C26H25F3N2O4/c1-16-19(9-12-22(31-16)18-7-10-20(11-8-18)26(27,28)29)14-23(32)30-15-17-5-4-6-21(13-17)35-25(2,3)24(33)34/h4-13H,14-15H2,1-3H3,(H,30,32)(H,33,34). The van der Waals surface area contributed by atoms with Gasteiger partial charge in [-0.05, 0) is 62.2 Å². The van der Waals surface area contributed by atoms with E-state index < -0.39 is 23.3 Å². The van der Waals surface area contributed by atoms with E-state index in [-0.39, 0.29) is 18.9 Å². The number of nitrogens with zero attached hydrogens (tertiary/aromatic N) is 1. The van der Waals surface area contributed by atoms with Crippen LogP contribution in [0.15, 0.2) is 60.7 Å². The van der Waals surface area contributed by atoms with E-state index in [9.17, 15) is 27.9 Å². The highest BCUT2D eigenvalue weighted by atomic mass is 19.4. The summed E-state index contributed by atoms with van der Waals surface area (Å²) < 4.78 is 43.8. The maximum absolute atomic E-state index is 12.8. The van der Waals surface area contributed by atoms with E-state index in [0.717, 1.165) is 17.7 Å². The first-order valence-electron chi connectivity index (χ1n) is 10.8. The van der Waals surface area contributed by atoms with Gasteiger partial charge in [0.05, 0.1) is 17.7 Å². The van der Waals surface area contributed by atoms with E-state index in [1.807, 2.05) is 0 Å². The Kier molecular flexibility index (Phi) is 7.48. The fourth-order valence-corrected chi connectivity index (χ4v) is 3.26. The molecule has 184 valence electrons. The first kappa shape index (κ1) is 25.7. The number of carboxylic acids is 1. The normalized spacial score (nSPS) is 11.7. The van der Waals surface area contributed by atoms with Gasteiger partial charge in [-0.15, -0.1) is 0 Å². The van der Waals surface area contributed by atoms with Gasteiger partial charge in [-0.2, -0.15) is 13.2 Å². The van der Waals surface area contributed by atoms with Gasteiger partial charge in [-0.3, -0.25) is 9.78 Å². The van der Waals surface area contributed by atoms with E-state index in [2.05, 4.69) is 10.3 Å². The topological polar surface area (TPSA) is 88.5 Å². The van der Waals surface area contributed by atoms with Crippen molar-refractivity contribution < 1.29 is 32.6 Å². The van der Waals surface area contributed by atoms with Gasteiger partial charge in [0.25, 0.3) is 0 Å². The van der Waals surface area contributed by atoms with E-state index in [4.69, 9.17) is 4.74 Å². The zero-order valence-corrected chi connectivity index (χ0v) is 19.4. The van der Waals surface area contributed by atoms with Crippen LogP contribution < -0.4 is 10.1 Å². The molecule has 3 rings (SSSR count). The van der Waals surface area contributed by atoms with Crippen molar-refractivity contribution in [1.29, 1.82) is 0 Å². The molecule has 9 heteroatoms. The second kappa shape index (κ2) is 10.2. The Hall–Kier alpha value is -3.88. The quantitative estimate of drug-likeness (QED) is 0.458. The van der Waals surface area contributed by atoms with Crippen LogP contribution in [0, 0.1) is 6.92 Å². The minimum Gasteiger partial charge on any atom is -0.478 e. The third-order valence-corrected chi connectivity index (χ3v) is 5.33.